The van der Waals surface area contributed by atoms with Crippen LogP contribution in [0.15, 0.2) is 6.20 Å². The van der Waals surface area contributed by atoms with E-state index in [2.05, 4.69) is 20.0 Å². The Morgan fingerprint density at radius 2 is 1.89 bits per heavy atom. The first-order chi connectivity index (χ1) is 9.25. The van der Waals surface area contributed by atoms with Crippen molar-refractivity contribution in [3.8, 4) is 0 Å². The normalized spacial score (nSPS) is 15.3. The summed E-state index contributed by atoms with van der Waals surface area (Å²) in [6.07, 6.45) is 1.70. The highest BCUT2D eigenvalue weighted by molar-refractivity contribution is 6.28. The highest BCUT2D eigenvalue weighted by atomic mass is 35.5. The molecular formula is C12H18ClN5O. The largest absolute Gasteiger partial charge is 0.378 e. The van der Waals surface area contributed by atoms with E-state index >= 15 is 0 Å². The molecule has 104 valence electrons. The summed E-state index contributed by atoms with van der Waals surface area (Å²) in [5.74, 6) is 0.836. The van der Waals surface area contributed by atoms with Crippen LogP contribution in [0.3, 0.4) is 0 Å². The lowest BCUT2D eigenvalue weighted by molar-refractivity contribution is 0.122. The van der Waals surface area contributed by atoms with E-state index in [1.165, 1.54) is 0 Å². The predicted octanol–water partition coefficient (Wildman–Crippen LogP) is 1.88. The van der Waals surface area contributed by atoms with Crippen LogP contribution in [0.1, 0.15) is 13.8 Å². The summed E-state index contributed by atoms with van der Waals surface area (Å²) < 4.78 is 7.11. The molecule has 3 heterocycles. The fraction of sp³-hybridized carbons (Fsp3) is 0.583. The minimum atomic E-state index is 0.256. The van der Waals surface area contributed by atoms with Gasteiger partial charge < -0.3 is 9.64 Å². The molecule has 0 radical (unpaired) electrons. The van der Waals surface area contributed by atoms with Crippen molar-refractivity contribution in [2.24, 2.45) is 7.05 Å². The van der Waals surface area contributed by atoms with Gasteiger partial charge in [0.25, 0.3) is 0 Å². The third kappa shape index (κ3) is 2.79. The Balaban J connectivity index is 0.000000637. The highest BCUT2D eigenvalue weighted by Crippen LogP contribution is 2.25. The molecule has 0 unspecified atom stereocenters. The molecule has 0 spiro atoms. The van der Waals surface area contributed by atoms with E-state index in [1.807, 2.05) is 20.9 Å². The zero-order valence-electron chi connectivity index (χ0n) is 11.4. The second-order valence-electron chi connectivity index (χ2n) is 3.92. The maximum absolute atomic E-state index is 5.94. The fourth-order valence-corrected chi connectivity index (χ4v) is 2.20. The average Bonchev–Trinajstić information content (AvgIpc) is 2.82. The van der Waals surface area contributed by atoms with Gasteiger partial charge >= 0.3 is 0 Å². The summed E-state index contributed by atoms with van der Waals surface area (Å²) in [6.45, 7) is 7.04. The number of aryl methyl sites for hydroxylation is 1. The van der Waals surface area contributed by atoms with Crippen molar-refractivity contribution in [1.29, 1.82) is 0 Å². The molecule has 6 nitrogen and oxygen atoms in total. The number of rotatable bonds is 1. The van der Waals surface area contributed by atoms with E-state index in [0.717, 1.165) is 29.9 Å². The van der Waals surface area contributed by atoms with Gasteiger partial charge in [0.05, 0.1) is 19.4 Å². The Morgan fingerprint density at radius 3 is 2.58 bits per heavy atom. The number of halogens is 1. The molecule has 2 aromatic rings. The van der Waals surface area contributed by atoms with Gasteiger partial charge in [-0.2, -0.15) is 10.1 Å². The molecule has 19 heavy (non-hydrogen) atoms. The molecule has 0 N–H and O–H groups in total. The van der Waals surface area contributed by atoms with E-state index in [-0.39, 0.29) is 5.28 Å². The summed E-state index contributed by atoms with van der Waals surface area (Å²) in [5.41, 5.74) is 1.69. The van der Waals surface area contributed by atoms with Gasteiger partial charge in [-0.25, -0.2) is 4.98 Å². The Hall–Kier alpha value is -1.40. The van der Waals surface area contributed by atoms with Crippen molar-refractivity contribution in [3.05, 3.63) is 11.5 Å². The zero-order chi connectivity index (χ0) is 13.8. The third-order valence-electron chi connectivity index (χ3n) is 2.85. The molecule has 1 aliphatic rings. The monoisotopic (exact) mass is 283 g/mol. The number of fused-ring (bicyclic) bond motifs is 1. The number of hydrogen-bond donors (Lipinski definition) is 0. The number of ether oxygens (including phenoxy) is 1. The maximum Gasteiger partial charge on any atom is 0.225 e. The minimum Gasteiger partial charge on any atom is -0.378 e. The number of morpholine rings is 1. The van der Waals surface area contributed by atoms with Crippen LogP contribution >= 0.6 is 11.6 Å². The molecule has 0 amide bonds. The van der Waals surface area contributed by atoms with Crippen LogP contribution in [-0.2, 0) is 11.8 Å². The van der Waals surface area contributed by atoms with Crippen molar-refractivity contribution in [2.45, 2.75) is 13.8 Å². The van der Waals surface area contributed by atoms with Crippen LogP contribution < -0.4 is 4.90 Å². The second-order valence-corrected chi connectivity index (χ2v) is 4.26. The van der Waals surface area contributed by atoms with Crippen molar-refractivity contribution >= 4 is 28.5 Å². The lowest BCUT2D eigenvalue weighted by Crippen LogP contribution is -2.37. The topological polar surface area (TPSA) is 56.1 Å². The van der Waals surface area contributed by atoms with Crippen molar-refractivity contribution in [1.82, 2.24) is 19.7 Å². The van der Waals surface area contributed by atoms with E-state index in [1.54, 1.807) is 10.9 Å². The Labute approximate surface area is 117 Å². The molecule has 0 saturated carbocycles. The molecule has 2 aromatic heterocycles. The SMILES string of the molecule is CC.Cn1ncc2nc(Cl)nc(N3CCOCC3)c21. The van der Waals surface area contributed by atoms with Crippen LogP contribution in [0.4, 0.5) is 5.82 Å². The first kappa shape index (κ1) is 14.0. The second kappa shape index (κ2) is 6.16. The van der Waals surface area contributed by atoms with Gasteiger partial charge in [0.15, 0.2) is 5.82 Å². The summed E-state index contributed by atoms with van der Waals surface area (Å²) in [4.78, 5) is 10.6. The Kier molecular flexibility index (Phi) is 4.55. The summed E-state index contributed by atoms with van der Waals surface area (Å²) in [6, 6.07) is 0. The molecule has 7 heteroatoms. The first-order valence-electron chi connectivity index (χ1n) is 6.43. The van der Waals surface area contributed by atoms with Crippen molar-refractivity contribution in [2.75, 3.05) is 31.2 Å². The standard InChI is InChI=1S/C10H12ClN5O.C2H6/c1-15-8-7(6-12-15)13-10(11)14-9(8)16-2-4-17-5-3-16;1-2/h6H,2-5H2,1H3;1-2H3. The van der Waals surface area contributed by atoms with Crippen LogP contribution in [0.25, 0.3) is 11.0 Å². The van der Waals surface area contributed by atoms with Gasteiger partial charge in [-0.1, -0.05) is 13.8 Å². The van der Waals surface area contributed by atoms with Gasteiger partial charge in [0, 0.05) is 20.1 Å². The molecule has 1 saturated heterocycles. The zero-order valence-corrected chi connectivity index (χ0v) is 12.2. The van der Waals surface area contributed by atoms with Crippen LogP contribution in [0.5, 0.6) is 0 Å². The van der Waals surface area contributed by atoms with Crippen LogP contribution in [0.2, 0.25) is 5.28 Å². The van der Waals surface area contributed by atoms with E-state index in [4.69, 9.17) is 16.3 Å². The van der Waals surface area contributed by atoms with Gasteiger partial charge in [0.2, 0.25) is 5.28 Å². The predicted molar refractivity (Wildman–Crippen MR) is 75.7 cm³/mol. The smallest absolute Gasteiger partial charge is 0.225 e. The molecule has 3 rings (SSSR count). The molecule has 1 fully saturated rings. The molecule has 0 atom stereocenters. The highest BCUT2D eigenvalue weighted by Gasteiger charge is 2.19. The Morgan fingerprint density at radius 1 is 1.21 bits per heavy atom. The van der Waals surface area contributed by atoms with E-state index in [0.29, 0.717) is 13.2 Å². The molecule has 0 aliphatic carbocycles. The molecular weight excluding hydrogens is 266 g/mol. The van der Waals surface area contributed by atoms with Gasteiger partial charge in [-0.05, 0) is 11.6 Å². The van der Waals surface area contributed by atoms with Crippen LogP contribution in [-0.4, -0.2) is 46.1 Å². The van der Waals surface area contributed by atoms with Gasteiger partial charge in [0.1, 0.15) is 11.0 Å². The number of aromatic nitrogens is 4. The first-order valence-corrected chi connectivity index (χ1v) is 6.81. The third-order valence-corrected chi connectivity index (χ3v) is 3.02. The van der Waals surface area contributed by atoms with Gasteiger partial charge in [-0.15, -0.1) is 0 Å². The van der Waals surface area contributed by atoms with E-state index in [9.17, 15) is 0 Å². The minimum absolute atomic E-state index is 0.256. The lowest BCUT2D eigenvalue weighted by Gasteiger charge is -2.28. The quantitative estimate of drug-likeness (QED) is 0.748. The molecule has 0 aromatic carbocycles. The number of hydrogen-bond acceptors (Lipinski definition) is 5. The summed E-state index contributed by atoms with van der Waals surface area (Å²) in [7, 11) is 1.88. The lowest BCUT2D eigenvalue weighted by atomic mass is 10.3. The van der Waals surface area contributed by atoms with Crippen molar-refractivity contribution < 1.29 is 4.74 Å². The van der Waals surface area contributed by atoms with Gasteiger partial charge in [-0.3, -0.25) is 4.68 Å². The summed E-state index contributed by atoms with van der Waals surface area (Å²) >= 11 is 5.94. The van der Waals surface area contributed by atoms with Crippen LogP contribution in [0, 0.1) is 0 Å². The molecule has 1 aliphatic heterocycles. The average molecular weight is 284 g/mol. The number of nitrogens with zero attached hydrogens (tertiary/aromatic N) is 5. The summed E-state index contributed by atoms with van der Waals surface area (Å²) in [5, 5.41) is 4.45. The molecule has 0 bridgehead atoms. The van der Waals surface area contributed by atoms with Crippen molar-refractivity contribution in [3.63, 3.8) is 0 Å². The van der Waals surface area contributed by atoms with E-state index < -0.39 is 0 Å². The number of anilines is 1. The fourth-order valence-electron chi connectivity index (χ4n) is 2.03. The maximum atomic E-state index is 5.94. The Bertz CT molecular complexity index is 550.